The summed E-state index contributed by atoms with van der Waals surface area (Å²) in [6, 6.07) is 12.2. The van der Waals surface area contributed by atoms with Crippen molar-refractivity contribution in [1.29, 1.82) is 0 Å². The molecular formula is C26H31N9O. The number of hydrogen-bond acceptors (Lipinski definition) is 8. The Labute approximate surface area is 211 Å². The van der Waals surface area contributed by atoms with Gasteiger partial charge in [0.15, 0.2) is 0 Å². The van der Waals surface area contributed by atoms with Gasteiger partial charge in [-0.2, -0.15) is 4.98 Å². The number of pyridine rings is 1. The predicted molar refractivity (Wildman–Crippen MR) is 141 cm³/mol. The van der Waals surface area contributed by atoms with E-state index in [1.807, 2.05) is 41.6 Å². The summed E-state index contributed by atoms with van der Waals surface area (Å²) in [5.74, 6) is 2.06. The fourth-order valence-electron chi connectivity index (χ4n) is 5.22. The number of para-hydroxylation sites is 1. The lowest BCUT2D eigenvalue weighted by molar-refractivity contribution is 0.170. The molecular weight excluding hydrogens is 454 g/mol. The van der Waals surface area contributed by atoms with E-state index in [9.17, 15) is 4.79 Å². The molecule has 6 rings (SSSR count). The largest absolute Gasteiger partial charge is 0.385 e. The van der Waals surface area contributed by atoms with Gasteiger partial charge in [-0.05, 0) is 37.2 Å². The van der Waals surface area contributed by atoms with E-state index >= 15 is 0 Å². The zero-order chi connectivity index (χ0) is 24.6. The zero-order valence-electron chi connectivity index (χ0n) is 20.7. The second-order valence-electron chi connectivity index (χ2n) is 9.65. The number of benzene rings is 1. The summed E-state index contributed by atoms with van der Waals surface area (Å²) in [4.78, 5) is 35.5. The van der Waals surface area contributed by atoms with E-state index in [-0.39, 0.29) is 12.1 Å². The number of amides is 2. The summed E-state index contributed by atoms with van der Waals surface area (Å²) in [6.07, 6.45) is 4.49. The number of hydrogen-bond donors (Lipinski definition) is 2. The van der Waals surface area contributed by atoms with Crippen molar-refractivity contribution in [3.63, 3.8) is 0 Å². The zero-order valence-corrected chi connectivity index (χ0v) is 20.7. The lowest BCUT2D eigenvalue weighted by Gasteiger charge is -2.41. The van der Waals surface area contributed by atoms with Crippen LogP contribution < -0.4 is 20.4 Å². The topological polar surface area (TPSA) is 92.8 Å². The van der Waals surface area contributed by atoms with Gasteiger partial charge in [0.1, 0.15) is 11.6 Å². The minimum Gasteiger partial charge on any atom is -0.385 e. The van der Waals surface area contributed by atoms with Gasteiger partial charge in [-0.3, -0.25) is 4.90 Å². The molecule has 1 aromatic carbocycles. The molecule has 186 valence electrons. The first-order chi connectivity index (χ1) is 17.6. The molecule has 2 N–H and O–H groups in total. The van der Waals surface area contributed by atoms with Crippen LogP contribution in [0.5, 0.6) is 0 Å². The minimum atomic E-state index is -0.0490. The minimum absolute atomic E-state index is 0.0215. The molecule has 0 aliphatic carbocycles. The summed E-state index contributed by atoms with van der Waals surface area (Å²) >= 11 is 0. The molecule has 0 spiro atoms. The molecule has 0 bridgehead atoms. The number of carbonyl (C=O) groups is 1. The quantitative estimate of drug-likeness (QED) is 0.582. The third kappa shape index (κ3) is 4.17. The van der Waals surface area contributed by atoms with Crippen LogP contribution in [0.3, 0.4) is 0 Å². The molecule has 0 radical (unpaired) electrons. The molecule has 1 saturated heterocycles. The third-order valence-electron chi connectivity index (χ3n) is 7.29. The van der Waals surface area contributed by atoms with Gasteiger partial charge in [-0.25, -0.2) is 14.8 Å². The van der Waals surface area contributed by atoms with Gasteiger partial charge in [-0.15, -0.1) is 0 Å². The van der Waals surface area contributed by atoms with Crippen molar-refractivity contribution in [2.75, 3.05) is 67.3 Å². The van der Waals surface area contributed by atoms with E-state index in [0.717, 1.165) is 67.5 Å². The molecule has 2 amide bonds. The fourth-order valence-corrected chi connectivity index (χ4v) is 5.22. The smallest absolute Gasteiger partial charge is 0.326 e. The van der Waals surface area contributed by atoms with Gasteiger partial charge in [0.25, 0.3) is 0 Å². The number of nitrogens with one attached hydrogen (secondary N) is 2. The lowest BCUT2D eigenvalue weighted by Crippen LogP contribution is -2.48. The molecule has 3 aliphatic heterocycles. The van der Waals surface area contributed by atoms with Crippen LogP contribution >= 0.6 is 0 Å². The highest BCUT2D eigenvalue weighted by molar-refractivity contribution is 5.93. The fraction of sp³-hybridized carbons (Fsp3) is 0.385. The average Bonchev–Trinajstić information content (AvgIpc) is 2.92. The number of urea groups is 1. The van der Waals surface area contributed by atoms with Crippen molar-refractivity contribution in [2.45, 2.75) is 19.0 Å². The maximum Gasteiger partial charge on any atom is 0.326 e. The Morgan fingerprint density at radius 3 is 2.64 bits per heavy atom. The second-order valence-corrected chi connectivity index (χ2v) is 9.65. The predicted octanol–water partition coefficient (Wildman–Crippen LogP) is 3.30. The van der Waals surface area contributed by atoms with Crippen molar-refractivity contribution in [2.24, 2.45) is 0 Å². The van der Waals surface area contributed by atoms with Gasteiger partial charge in [-0.1, -0.05) is 18.2 Å². The first kappa shape index (κ1) is 22.5. The maximum absolute atomic E-state index is 13.4. The molecule has 3 aliphatic rings. The van der Waals surface area contributed by atoms with Crippen LogP contribution in [0.4, 0.5) is 33.8 Å². The maximum atomic E-state index is 13.4. The Bertz CT molecular complexity index is 1260. The summed E-state index contributed by atoms with van der Waals surface area (Å²) in [7, 11) is 3.93. The normalized spacial score (nSPS) is 20.0. The van der Waals surface area contributed by atoms with E-state index in [1.165, 1.54) is 0 Å². The van der Waals surface area contributed by atoms with E-state index in [1.54, 1.807) is 11.9 Å². The highest BCUT2D eigenvalue weighted by Crippen LogP contribution is 2.38. The molecule has 10 nitrogen and oxygen atoms in total. The van der Waals surface area contributed by atoms with Crippen molar-refractivity contribution in [1.82, 2.24) is 24.8 Å². The van der Waals surface area contributed by atoms with E-state index in [2.05, 4.69) is 54.6 Å². The van der Waals surface area contributed by atoms with E-state index < -0.39 is 0 Å². The van der Waals surface area contributed by atoms with Crippen LogP contribution in [0, 0.1) is 0 Å². The Kier molecular flexibility index (Phi) is 5.80. The monoisotopic (exact) mass is 485 g/mol. The van der Waals surface area contributed by atoms with E-state index in [0.29, 0.717) is 18.3 Å². The van der Waals surface area contributed by atoms with Crippen molar-refractivity contribution >= 4 is 35.0 Å². The molecule has 5 heterocycles. The molecule has 36 heavy (non-hydrogen) atoms. The van der Waals surface area contributed by atoms with Gasteiger partial charge in [0, 0.05) is 57.2 Å². The number of likely N-dealkylation sites (N-methyl/N-ethyl adjacent to an activating group) is 1. The van der Waals surface area contributed by atoms with Crippen LogP contribution in [-0.2, 0) is 6.54 Å². The molecule has 3 aromatic rings. The summed E-state index contributed by atoms with van der Waals surface area (Å²) < 4.78 is 0. The standard InChI is InChI=1S/C26H31N9O/c1-32-11-13-34(14-12-32)23-8-7-19(16-28-23)30-25-29-15-18-17-35(26(36)33(2)24(18)31-25)22-9-10-27-21-6-4-3-5-20(21)22/h3-8,15-16,22,27H,9-14,17H2,1-2H3,(H,29,30,31). The van der Waals surface area contributed by atoms with Crippen LogP contribution in [0.15, 0.2) is 48.8 Å². The van der Waals surface area contributed by atoms with Crippen LogP contribution in [0.2, 0.25) is 0 Å². The third-order valence-corrected chi connectivity index (χ3v) is 7.29. The van der Waals surface area contributed by atoms with Gasteiger partial charge >= 0.3 is 6.03 Å². The Morgan fingerprint density at radius 2 is 1.83 bits per heavy atom. The van der Waals surface area contributed by atoms with Crippen molar-refractivity contribution in [3.8, 4) is 0 Å². The number of piperazine rings is 1. The summed E-state index contributed by atoms with van der Waals surface area (Å²) in [6.45, 7) is 5.36. The van der Waals surface area contributed by atoms with Crippen LogP contribution in [-0.4, -0.2) is 77.6 Å². The van der Waals surface area contributed by atoms with E-state index in [4.69, 9.17) is 0 Å². The first-order valence-electron chi connectivity index (χ1n) is 12.5. The summed E-state index contributed by atoms with van der Waals surface area (Å²) in [5, 5.41) is 6.68. The molecule has 2 aromatic heterocycles. The van der Waals surface area contributed by atoms with Crippen molar-refractivity contribution in [3.05, 3.63) is 59.9 Å². The Morgan fingerprint density at radius 1 is 1.00 bits per heavy atom. The first-order valence-corrected chi connectivity index (χ1v) is 12.5. The second kappa shape index (κ2) is 9.27. The Hall–Kier alpha value is -3.92. The molecule has 10 heteroatoms. The Balaban J connectivity index is 1.18. The van der Waals surface area contributed by atoms with Gasteiger partial charge < -0.3 is 25.3 Å². The van der Waals surface area contributed by atoms with Crippen LogP contribution in [0.25, 0.3) is 0 Å². The number of rotatable bonds is 4. The van der Waals surface area contributed by atoms with Gasteiger partial charge in [0.05, 0.1) is 24.5 Å². The lowest BCUT2D eigenvalue weighted by atomic mass is 9.95. The summed E-state index contributed by atoms with van der Waals surface area (Å²) in [5.41, 5.74) is 3.99. The highest BCUT2D eigenvalue weighted by Gasteiger charge is 2.36. The molecule has 1 fully saturated rings. The van der Waals surface area contributed by atoms with Crippen LogP contribution in [0.1, 0.15) is 23.6 Å². The average molecular weight is 486 g/mol. The molecule has 1 unspecified atom stereocenters. The number of nitrogens with zero attached hydrogens (tertiary/aromatic N) is 7. The number of fused-ring (bicyclic) bond motifs is 2. The molecule has 1 atom stereocenters. The van der Waals surface area contributed by atoms with Gasteiger partial charge in [0.2, 0.25) is 5.95 Å². The SMILES string of the molecule is CN1CCN(c2ccc(Nc3ncc4c(n3)N(C)C(=O)N(C3CCNc5ccccc53)C4)cn2)CC1. The number of carbonyl (C=O) groups excluding carboxylic acids is 1. The molecule has 0 saturated carbocycles. The number of aromatic nitrogens is 3. The highest BCUT2D eigenvalue weighted by atomic mass is 16.2. The number of anilines is 5. The van der Waals surface area contributed by atoms with Crippen molar-refractivity contribution < 1.29 is 4.79 Å².